The third kappa shape index (κ3) is 1.62. The number of imide groups is 1. The first-order valence-electron chi connectivity index (χ1n) is 6.26. The van der Waals surface area contributed by atoms with Crippen LogP contribution in [0.2, 0.25) is 0 Å². The van der Waals surface area contributed by atoms with E-state index in [4.69, 9.17) is 6.42 Å². The molecule has 1 atom stereocenters. The number of terminal acetylenes is 1. The third-order valence-corrected chi connectivity index (χ3v) is 3.75. The summed E-state index contributed by atoms with van der Waals surface area (Å²) in [7, 11) is 1.44. The van der Waals surface area contributed by atoms with Crippen LogP contribution in [0.1, 0.15) is 27.1 Å². The van der Waals surface area contributed by atoms with Gasteiger partial charge in [0.25, 0.3) is 11.8 Å². The Bertz CT molecular complexity index is 687. The van der Waals surface area contributed by atoms with Gasteiger partial charge in [-0.25, -0.2) is 0 Å². The van der Waals surface area contributed by atoms with E-state index in [9.17, 15) is 14.4 Å². The van der Waals surface area contributed by atoms with Crippen LogP contribution in [0.5, 0.6) is 0 Å². The van der Waals surface area contributed by atoms with Crippen molar-refractivity contribution in [3.63, 3.8) is 0 Å². The fourth-order valence-corrected chi connectivity index (χ4v) is 2.59. The molecule has 100 valence electrons. The van der Waals surface area contributed by atoms with Gasteiger partial charge in [0.2, 0.25) is 5.91 Å². The van der Waals surface area contributed by atoms with Gasteiger partial charge in [-0.05, 0) is 18.2 Å². The van der Waals surface area contributed by atoms with Gasteiger partial charge >= 0.3 is 0 Å². The van der Waals surface area contributed by atoms with Crippen molar-refractivity contribution in [3.8, 4) is 12.3 Å². The van der Waals surface area contributed by atoms with Crippen LogP contribution in [0.4, 0.5) is 5.69 Å². The van der Waals surface area contributed by atoms with E-state index in [1.54, 1.807) is 23.1 Å². The third-order valence-electron chi connectivity index (χ3n) is 3.75. The van der Waals surface area contributed by atoms with Crippen LogP contribution in [0, 0.1) is 18.3 Å². The summed E-state index contributed by atoms with van der Waals surface area (Å²) in [5, 5.41) is 0. The molecule has 0 spiro atoms. The van der Waals surface area contributed by atoms with Crippen LogP contribution in [-0.4, -0.2) is 36.2 Å². The second kappa shape index (κ2) is 4.20. The Labute approximate surface area is 116 Å². The van der Waals surface area contributed by atoms with Crippen LogP contribution < -0.4 is 4.90 Å². The van der Waals surface area contributed by atoms with Gasteiger partial charge in [0, 0.05) is 31.6 Å². The summed E-state index contributed by atoms with van der Waals surface area (Å²) in [4.78, 5) is 38.3. The smallest absolute Gasteiger partial charge is 0.261 e. The number of carbonyl (C=O) groups excluding carboxylic acids is 3. The van der Waals surface area contributed by atoms with Crippen LogP contribution in [-0.2, 0) is 4.79 Å². The largest absolute Gasteiger partial charge is 0.311 e. The molecule has 1 saturated heterocycles. The Morgan fingerprint density at radius 3 is 2.55 bits per heavy atom. The number of hydrogen-bond acceptors (Lipinski definition) is 3. The highest BCUT2D eigenvalue weighted by Gasteiger charge is 2.35. The van der Waals surface area contributed by atoms with Crippen LogP contribution in [0.15, 0.2) is 18.2 Å². The van der Waals surface area contributed by atoms with Gasteiger partial charge in [-0.1, -0.05) is 0 Å². The molecule has 0 aliphatic carbocycles. The lowest BCUT2D eigenvalue weighted by molar-refractivity contribution is -0.117. The average Bonchev–Trinajstić information content (AvgIpc) is 2.93. The Kier molecular flexibility index (Phi) is 2.61. The SMILES string of the molecule is C#CC1CC(=O)N(c2ccc3c(c2)C(=O)N(C)C3=O)C1. The van der Waals surface area contributed by atoms with E-state index in [-0.39, 0.29) is 23.6 Å². The van der Waals surface area contributed by atoms with Gasteiger partial charge in [0.1, 0.15) is 0 Å². The van der Waals surface area contributed by atoms with Crippen molar-refractivity contribution in [1.82, 2.24) is 4.90 Å². The highest BCUT2D eigenvalue weighted by molar-refractivity contribution is 6.21. The van der Waals surface area contributed by atoms with E-state index in [1.807, 2.05) is 0 Å². The van der Waals surface area contributed by atoms with Crippen LogP contribution >= 0.6 is 0 Å². The number of carbonyl (C=O) groups is 3. The van der Waals surface area contributed by atoms with E-state index in [2.05, 4.69) is 5.92 Å². The summed E-state index contributed by atoms with van der Waals surface area (Å²) in [5.41, 5.74) is 1.33. The van der Waals surface area contributed by atoms with E-state index in [0.29, 0.717) is 29.8 Å². The lowest BCUT2D eigenvalue weighted by Crippen LogP contribution is -2.25. The average molecular weight is 268 g/mol. The molecule has 3 amide bonds. The van der Waals surface area contributed by atoms with E-state index in [1.165, 1.54) is 7.05 Å². The summed E-state index contributed by atoms with van der Waals surface area (Å²) in [6, 6.07) is 4.86. The maximum absolute atomic E-state index is 11.9. The Morgan fingerprint density at radius 1 is 1.20 bits per heavy atom. The molecule has 3 rings (SSSR count). The molecule has 0 aromatic heterocycles. The van der Waals surface area contributed by atoms with Gasteiger partial charge < -0.3 is 4.90 Å². The Balaban J connectivity index is 1.99. The second-order valence-corrected chi connectivity index (χ2v) is 4.97. The summed E-state index contributed by atoms with van der Waals surface area (Å²) < 4.78 is 0. The zero-order valence-corrected chi connectivity index (χ0v) is 10.9. The molecule has 1 aromatic carbocycles. The molecule has 2 aliphatic rings. The number of amides is 3. The van der Waals surface area contributed by atoms with Crippen molar-refractivity contribution in [2.24, 2.45) is 5.92 Å². The molecule has 1 unspecified atom stereocenters. The molecule has 5 heteroatoms. The minimum absolute atomic E-state index is 0.0574. The summed E-state index contributed by atoms with van der Waals surface area (Å²) in [6.45, 7) is 0.450. The van der Waals surface area contributed by atoms with Crippen molar-refractivity contribution in [2.75, 3.05) is 18.5 Å². The van der Waals surface area contributed by atoms with Gasteiger partial charge in [-0.15, -0.1) is 12.3 Å². The molecule has 0 bridgehead atoms. The molecule has 1 fully saturated rings. The van der Waals surface area contributed by atoms with Gasteiger partial charge in [0.15, 0.2) is 0 Å². The minimum Gasteiger partial charge on any atom is -0.311 e. The zero-order chi connectivity index (χ0) is 14.4. The molecule has 2 aliphatic heterocycles. The highest BCUT2D eigenvalue weighted by atomic mass is 16.2. The van der Waals surface area contributed by atoms with Crippen molar-refractivity contribution in [1.29, 1.82) is 0 Å². The molecule has 2 heterocycles. The van der Waals surface area contributed by atoms with Crippen molar-refractivity contribution < 1.29 is 14.4 Å². The van der Waals surface area contributed by atoms with Gasteiger partial charge in [-0.3, -0.25) is 19.3 Å². The molecular formula is C15H12N2O3. The molecule has 1 aromatic rings. The number of hydrogen-bond donors (Lipinski definition) is 0. The predicted octanol–water partition coefficient (Wildman–Crippen LogP) is 0.898. The fraction of sp³-hybridized carbons (Fsp3) is 0.267. The highest BCUT2D eigenvalue weighted by Crippen LogP contribution is 2.30. The summed E-state index contributed by atoms with van der Waals surface area (Å²) >= 11 is 0. The lowest BCUT2D eigenvalue weighted by Gasteiger charge is -2.16. The first-order valence-corrected chi connectivity index (χ1v) is 6.26. The molecule has 0 saturated carbocycles. The molecule has 20 heavy (non-hydrogen) atoms. The number of fused-ring (bicyclic) bond motifs is 1. The monoisotopic (exact) mass is 268 g/mol. The molecule has 0 N–H and O–H groups in total. The summed E-state index contributed by atoms with van der Waals surface area (Å²) in [5.74, 6) is 1.76. The maximum atomic E-state index is 11.9. The molecule has 0 radical (unpaired) electrons. The zero-order valence-electron chi connectivity index (χ0n) is 10.9. The predicted molar refractivity (Wildman–Crippen MR) is 72.2 cm³/mol. The Hall–Kier alpha value is -2.61. The normalized spacial score (nSPS) is 21.4. The number of benzene rings is 1. The number of nitrogens with zero attached hydrogens (tertiary/aromatic N) is 2. The second-order valence-electron chi connectivity index (χ2n) is 4.97. The van der Waals surface area contributed by atoms with Gasteiger partial charge in [0.05, 0.1) is 11.1 Å². The van der Waals surface area contributed by atoms with E-state index < -0.39 is 0 Å². The maximum Gasteiger partial charge on any atom is 0.261 e. The van der Waals surface area contributed by atoms with Crippen LogP contribution in [0.3, 0.4) is 0 Å². The van der Waals surface area contributed by atoms with E-state index in [0.717, 1.165) is 4.90 Å². The minimum atomic E-state index is -0.341. The first-order chi connectivity index (χ1) is 9.52. The Morgan fingerprint density at radius 2 is 1.90 bits per heavy atom. The molecular weight excluding hydrogens is 256 g/mol. The van der Waals surface area contributed by atoms with Crippen LogP contribution in [0.25, 0.3) is 0 Å². The standard InChI is InChI=1S/C15H12N2O3/c1-3-9-6-13(18)17(8-9)10-4-5-11-12(7-10)15(20)16(2)14(11)19/h1,4-5,7,9H,6,8H2,2H3. The first kappa shape index (κ1) is 12.4. The number of anilines is 1. The number of rotatable bonds is 1. The van der Waals surface area contributed by atoms with Crippen molar-refractivity contribution in [3.05, 3.63) is 29.3 Å². The van der Waals surface area contributed by atoms with Crippen molar-refractivity contribution in [2.45, 2.75) is 6.42 Å². The molecule has 5 nitrogen and oxygen atoms in total. The topological polar surface area (TPSA) is 57.7 Å². The summed E-state index contributed by atoms with van der Waals surface area (Å²) in [6.07, 6.45) is 5.67. The lowest BCUT2D eigenvalue weighted by atomic mass is 10.1. The van der Waals surface area contributed by atoms with E-state index >= 15 is 0 Å². The van der Waals surface area contributed by atoms with Crippen molar-refractivity contribution >= 4 is 23.4 Å². The van der Waals surface area contributed by atoms with Gasteiger partial charge in [-0.2, -0.15) is 0 Å². The quantitative estimate of drug-likeness (QED) is 0.561. The fourth-order valence-electron chi connectivity index (χ4n) is 2.59.